The molecule has 4 heteroatoms. The molecule has 0 aliphatic carbocycles. The van der Waals surface area contributed by atoms with E-state index in [0.717, 1.165) is 41.2 Å². The van der Waals surface area contributed by atoms with Crippen molar-refractivity contribution in [3.63, 3.8) is 0 Å². The Bertz CT molecular complexity index is 1080. The number of cyclic esters (lactones) is 1. The number of esters is 1. The number of para-hydroxylation sites is 1. The van der Waals surface area contributed by atoms with Gasteiger partial charge < -0.3 is 14.2 Å². The summed E-state index contributed by atoms with van der Waals surface area (Å²) in [5.74, 6) is 2.49. The molecule has 1 aliphatic heterocycles. The highest BCUT2D eigenvalue weighted by atomic mass is 16.5. The van der Waals surface area contributed by atoms with Crippen molar-refractivity contribution in [3.8, 4) is 17.2 Å². The minimum atomic E-state index is -0.358. The van der Waals surface area contributed by atoms with Gasteiger partial charge >= 0.3 is 5.97 Å². The molecule has 0 amide bonds. The van der Waals surface area contributed by atoms with Crippen LogP contribution >= 0.6 is 0 Å². The number of carbonyl (C=O) groups excluding carboxylic acids is 1. The predicted octanol–water partition coefficient (Wildman–Crippen LogP) is 6.64. The molecule has 0 fully saturated rings. The summed E-state index contributed by atoms with van der Waals surface area (Å²) in [5.41, 5.74) is 2.25. The molecular formula is C27H24O4. The number of ether oxygens (including phenoxy) is 3. The van der Waals surface area contributed by atoms with E-state index in [2.05, 4.69) is 6.92 Å². The fourth-order valence-electron chi connectivity index (χ4n) is 3.12. The van der Waals surface area contributed by atoms with Gasteiger partial charge in [0.1, 0.15) is 23.0 Å². The lowest BCUT2D eigenvalue weighted by Crippen LogP contribution is -1.97. The monoisotopic (exact) mass is 412 g/mol. The zero-order valence-electron chi connectivity index (χ0n) is 17.4. The van der Waals surface area contributed by atoms with Crippen molar-refractivity contribution in [3.05, 3.63) is 102 Å². The molecule has 0 saturated carbocycles. The van der Waals surface area contributed by atoms with Crippen molar-refractivity contribution >= 4 is 17.8 Å². The minimum absolute atomic E-state index is 0.358. The van der Waals surface area contributed by atoms with Gasteiger partial charge in [-0.1, -0.05) is 43.7 Å². The van der Waals surface area contributed by atoms with Crippen LogP contribution in [0.3, 0.4) is 0 Å². The molecule has 0 radical (unpaired) electrons. The van der Waals surface area contributed by atoms with Gasteiger partial charge in [0.15, 0.2) is 0 Å². The minimum Gasteiger partial charge on any atom is -0.494 e. The number of hydrogen-bond acceptors (Lipinski definition) is 4. The van der Waals surface area contributed by atoms with Gasteiger partial charge in [-0.2, -0.15) is 0 Å². The molecule has 4 nitrogen and oxygen atoms in total. The van der Waals surface area contributed by atoms with Gasteiger partial charge in [0, 0.05) is 5.56 Å². The molecule has 31 heavy (non-hydrogen) atoms. The van der Waals surface area contributed by atoms with Crippen LogP contribution in [0.5, 0.6) is 17.2 Å². The third-order valence-corrected chi connectivity index (χ3v) is 4.81. The predicted molar refractivity (Wildman–Crippen MR) is 122 cm³/mol. The molecule has 1 heterocycles. The zero-order valence-corrected chi connectivity index (χ0v) is 17.4. The molecule has 0 atom stereocenters. The fourth-order valence-corrected chi connectivity index (χ4v) is 3.12. The van der Waals surface area contributed by atoms with Crippen LogP contribution in [0.1, 0.15) is 30.9 Å². The van der Waals surface area contributed by atoms with Crippen molar-refractivity contribution in [2.24, 2.45) is 0 Å². The normalized spacial score (nSPS) is 14.3. The summed E-state index contributed by atoms with van der Waals surface area (Å²) in [6.07, 6.45) is 5.72. The summed E-state index contributed by atoms with van der Waals surface area (Å²) in [5, 5.41) is 0. The number of benzene rings is 3. The van der Waals surface area contributed by atoms with Crippen molar-refractivity contribution < 1.29 is 19.0 Å². The third kappa shape index (κ3) is 5.43. The maximum atomic E-state index is 12.3. The first-order valence-electron chi connectivity index (χ1n) is 10.4. The summed E-state index contributed by atoms with van der Waals surface area (Å²) in [7, 11) is 0. The standard InChI is InChI=1S/C27H24O4/c1-2-3-17-29-23-13-9-20(10-14-23)18-22-19-26(31-27(22)28)21-11-15-25(16-12-21)30-24-7-5-4-6-8-24/h4-16,18-19H,2-3,17H2,1H3/b22-18+. The second-order valence-electron chi connectivity index (χ2n) is 7.21. The molecule has 0 spiro atoms. The molecule has 1 aliphatic rings. The van der Waals surface area contributed by atoms with Gasteiger partial charge in [0.05, 0.1) is 12.2 Å². The number of hydrogen-bond donors (Lipinski definition) is 0. The molecule has 0 saturated heterocycles. The van der Waals surface area contributed by atoms with Crippen molar-refractivity contribution in [1.82, 2.24) is 0 Å². The van der Waals surface area contributed by atoms with Gasteiger partial charge in [0.25, 0.3) is 0 Å². The van der Waals surface area contributed by atoms with Gasteiger partial charge in [-0.15, -0.1) is 0 Å². The summed E-state index contributed by atoms with van der Waals surface area (Å²) >= 11 is 0. The maximum absolute atomic E-state index is 12.3. The molecule has 0 N–H and O–H groups in total. The quantitative estimate of drug-likeness (QED) is 0.236. The van der Waals surface area contributed by atoms with Gasteiger partial charge in [-0.3, -0.25) is 0 Å². The molecule has 3 aromatic carbocycles. The van der Waals surface area contributed by atoms with Crippen molar-refractivity contribution in [1.29, 1.82) is 0 Å². The Hall–Kier alpha value is -3.79. The topological polar surface area (TPSA) is 44.8 Å². The molecule has 3 aromatic rings. The SMILES string of the molecule is CCCCOc1ccc(/C=C2\C=C(c3ccc(Oc4ccccc4)cc3)OC2=O)cc1. The first-order chi connectivity index (χ1) is 15.2. The highest BCUT2D eigenvalue weighted by Crippen LogP contribution is 2.30. The Morgan fingerprint density at radius 2 is 1.52 bits per heavy atom. The van der Waals surface area contributed by atoms with E-state index in [1.54, 1.807) is 6.08 Å². The zero-order chi connectivity index (χ0) is 21.5. The van der Waals surface area contributed by atoms with Gasteiger partial charge in [-0.25, -0.2) is 4.79 Å². The van der Waals surface area contributed by atoms with Crippen LogP contribution in [0.15, 0.2) is 90.5 Å². The largest absolute Gasteiger partial charge is 0.494 e. The Labute approximate surface area is 182 Å². The summed E-state index contributed by atoms with van der Waals surface area (Å²) in [6, 6.07) is 24.8. The van der Waals surface area contributed by atoms with Crippen LogP contribution in [0.2, 0.25) is 0 Å². The molecule has 0 bridgehead atoms. The second kappa shape index (κ2) is 9.81. The Kier molecular flexibility index (Phi) is 6.48. The van der Waals surface area contributed by atoms with Crippen LogP contribution in [-0.4, -0.2) is 12.6 Å². The first kappa shape index (κ1) is 20.5. The van der Waals surface area contributed by atoms with Gasteiger partial charge in [-0.05, 0) is 72.7 Å². The lowest BCUT2D eigenvalue weighted by atomic mass is 10.1. The Balaban J connectivity index is 1.44. The van der Waals surface area contributed by atoms with Crippen LogP contribution in [0.4, 0.5) is 0 Å². The third-order valence-electron chi connectivity index (χ3n) is 4.81. The molecular weight excluding hydrogens is 388 g/mol. The van der Waals surface area contributed by atoms with Crippen molar-refractivity contribution in [2.45, 2.75) is 19.8 Å². The van der Waals surface area contributed by atoms with E-state index in [1.165, 1.54) is 0 Å². The average molecular weight is 412 g/mol. The van der Waals surface area contributed by atoms with E-state index in [0.29, 0.717) is 17.9 Å². The highest BCUT2D eigenvalue weighted by molar-refractivity contribution is 6.05. The van der Waals surface area contributed by atoms with E-state index < -0.39 is 0 Å². The summed E-state index contributed by atoms with van der Waals surface area (Å²) in [4.78, 5) is 12.3. The molecule has 4 rings (SSSR count). The van der Waals surface area contributed by atoms with E-state index in [9.17, 15) is 4.79 Å². The average Bonchev–Trinajstić information content (AvgIpc) is 3.16. The Morgan fingerprint density at radius 3 is 2.23 bits per heavy atom. The van der Waals surface area contributed by atoms with Crippen LogP contribution in [-0.2, 0) is 9.53 Å². The van der Waals surface area contributed by atoms with E-state index in [-0.39, 0.29) is 5.97 Å². The first-order valence-corrected chi connectivity index (χ1v) is 10.4. The van der Waals surface area contributed by atoms with E-state index in [4.69, 9.17) is 14.2 Å². The number of unbranched alkanes of at least 4 members (excludes halogenated alkanes) is 1. The maximum Gasteiger partial charge on any atom is 0.343 e. The smallest absolute Gasteiger partial charge is 0.343 e. The Morgan fingerprint density at radius 1 is 0.839 bits per heavy atom. The number of carbonyl (C=O) groups is 1. The summed E-state index contributed by atoms with van der Waals surface area (Å²) < 4.78 is 17.0. The van der Waals surface area contributed by atoms with Crippen molar-refractivity contribution in [2.75, 3.05) is 6.61 Å². The fraction of sp³-hybridized carbons (Fsp3) is 0.148. The molecule has 0 aromatic heterocycles. The number of rotatable bonds is 8. The molecule has 156 valence electrons. The molecule has 0 unspecified atom stereocenters. The van der Waals surface area contributed by atoms with Crippen LogP contribution in [0.25, 0.3) is 11.8 Å². The second-order valence-corrected chi connectivity index (χ2v) is 7.21. The highest BCUT2D eigenvalue weighted by Gasteiger charge is 2.22. The lowest BCUT2D eigenvalue weighted by Gasteiger charge is -2.06. The summed E-state index contributed by atoms with van der Waals surface area (Å²) in [6.45, 7) is 2.85. The van der Waals surface area contributed by atoms with E-state index in [1.807, 2.05) is 84.9 Å². The van der Waals surface area contributed by atoms with Gasteiger partial charge in [0.2, 0.25) is 0 Å². The lowest BCUT2D eigenvalue weighted by molar-refractivity contribution is -0.130. The van der Waals surface area contributed by atoms with E-state index >= 15 is 0 Å². The van der Waals surface area contributed by atoms with Crippen LogP contribution < -0.4 is 9.47 Å². The van der Waals surface area contributed by atoms with Crippen LogP contribution in [0, 0.1) is 0 Å².